The summed E-state index contributed by atoms with van der Waals surface area (Å²) in [5.41, 5.74) is 0.835. The lowest BCUT2D eigenvalue weighted by molar-refractivity contribution is -0.484. The molecule has 0 aliphatic carbocycles. The Bertz CT molecular complexity index is 447. The largest absolute Gasteiger partial charge is 0.364 e. The summed E-state index contributed by atoms with van der Waals surface area (Å²) in [5.74, 6) is -0.452. The van der Waals surface area contributed by atoms with Gasteiger partial charge in [-0.15, -0.1) is 0 Å². The van der Waals surface area contributed by atoms with E-state index in [0.717, 1.165) is 5.56 Å². The average Bonchev–Trinajstić information content (AvgIpc) is 2.39. The van der Waals surface area contributed by atoms with Gasteiger partial charge in [0, 0.05) is 11.8 Å². The molecule has 0 unspecified atom stereocenters. The monoisotopic (exact) mass is 280 g/mol. The number of carbonyl (C=O) groups is 2. The van der Waals surface area contributed by atoms with Gasteiger partial charge in [0.1, 0.15) is 12.1 Å². The van der Waals surface area contributed by atoms with Crippen LogP contribution in [0, 0.1) is 10.1 Å². The van der Waals surface area contributed by atoms with Crippen LogP contribution in [0.15, 0.2) is 30.3 Å². The van der Waals surface area contributed by atoms with Crippen molar-refractivity contribution < 1.29 is 19.2 Å². The zero-order valence-electron chi connectivity index (χ0n) is 11.0. The molecule has 0 saturated carbocycles. The maximum Gasteiger partial charge on any atom is 0.226 e. The molecule has 108 valence electrons. The van der Waals surface area contributed by atoms with Crippen molar-refractivity contribution in [3.63, 3.8) is 0 Å². The number of nitrogens with one attached hydrogen (secondary N) is 1. The van der Waals surface area contributed by atoms with Gasteiger partial charge in [0.2, 0.25) is 12.5 Å². The summed E-state index contributed by atoms with van der Waals surface area (Å²) >= 11 is 0. The summed E-state index contributed by atoms with van der Waals surface area (Å²) in [6, 6.07) is 8.11. The van der Waals surface area contributed by atoms with E-state index in [9.17, 15) is 19.7 Å². The highest BCUT2D eigenvalue weighted by atomic mass is 16.6. The van der Waals surface area contributed by atoms with E-state index >= 15 is 0 Å². The van der Waals surface area contributed by atoms with Crippen LogP contribution in [-0.4, -0.2) is 35.8 Å². The van der Waals surface area contributed by atoms with E-state index in [1.54, 1.807) is 0 Å². The van der Waals surface area contributed by atoms with Gasteiger partial charge in [-0.05, 0) is 5.56 Å². The number of hydrogen-bond donors (Lipinski definition) is 1. The van der Waals surface area contributed by atoms with E-state index in [4.69, 9.17) is 4.74 Å². The quantitative estimate of drug-likeness (QED) is 0.426. The summed E-state index contributed by atoms with van der Waals surface area (Å²) in [4.78, 5) is 32.0. The van der Waals surface area contributed by atoms with Crippen LogP contribution in [0.1, 0.15) is 12.5 Å². The van der Waals surface area contributed by atoms with Crippen LogP contribution in [-0.2, 0) is 20.9 Å². The first-order chi connectivity index (χ1) is 9.52. The number of ether oxygens (including phenoxy) is 1. The molecule has 0 aliphatic rings. The SMILES string of the molecule is CC(=O)N[C@H](C[N+](=O)[O-])[C@@H](C=O)OCc1ccccc1. The molecule has 1 amide bonds. The fraction of sp³-hybridized carbons (Fsp3) is 0.385. The zero-order valence-corrected chi connectivity index (χ0v) is 11.0. The second kappa shape index (κ2) is 8.00. The van der Waals surface area contributed by atoms with Gasteiger partial charge in [0.15, 0.2) is 6.29 Å². The summed E-state index contributed by atoms with van der Waals surface area (Å²) < 4.78 is 5.35. The Morgan fingerprint density at radius 3 is 2.60 bits per heavy atom. The molecule has 0 fully saturated rings. The molecular weight excluding hydrogens is 264 g/mol. The molecule has 1 aromatic rings. The highest BCUT2D eigenvalue weighted by Gasteiger charge is 2.27. The number of amides is 1. The van der Waals surface area contributed by atoms with Crippen LogP contribution >= 0.6 is 0 Å². The number of rotatable bonds is 8. The average molecular weight is 280 g/mol. The lowest BCUT2D eigenvalue weighted by Gasteiger charge is -2.20. The van der Waals surface area contributed by atoms with Gasteiger partial charge in [0.25, 0.3) is 0 Å². The fourth-order valence-corrected chi connectivity index (χ4v) is 1.67. The van der Waals surface area contributed by atoms with Crippen LogP contribution in [0.4, 0.5) is 0 Å². The van der Waals surface area contributed by atoms with Gasteiger partial charge in [0.05, 0.1) is 6.61 Å². The molecule has 0 radical (unpaired) electrons. The minimum atomic E-state index is -1.07. The third-order valence-corrected chi connectivity index (χ3v) is 2.55. The third kappa shape index (κ3) is 5.57. The molecule has 0 heterocycles. The van der Waals surface area contributed by atoms with Crippen LogP contribution in [0.3, 0.4) is 0 Å². The zero-order chi connectivity index (χ0) is 15.0. The standard InChI is InChI=1S/C13H16N2O5/c1-10(17)14-12(7-15(18)19)13(8-16)20-9-11-5-3-2-4-6-11/h2-6,8,12-13H,7,9H2,1H3,(H,14,17)/t12-,13-/m1/s1. The molecule has 1 aromatic carbocycles. The highest BCUT2D eigenvalue weighted by Crippen LogP contribution is 2.06. The molecule has 20 heavy (non-hydrogen) atoms. The Morgan fingerprint density at radius 2 is 2.10 bits per heavy atom. The number of nitrogens with zero attached hydrogens (tertiary/aromatic N) is 1. The molecule has 0 aliphatic heterocycles. The molecule has 1 N–H and O–H groups in total. The lowest BCUT2D eigenvalue weighted by atomic mass is 10.1. The van der Waals surface area contributed by atoms with Crippen LogP contribution in [0.2, 0.25) is 0 Å². The number of nitro groups is 1. The molecular formula is C13H16N2O5. The Balaban J connectivity index is 2.66. The van der Waals surface area contributed by atoms with Crippen molar-refractivity contribution in [2.24, 2.45) is 0 Å². The van der Waals surface area contributed by atoms with E-state index < -0.39 is 29.5 Å². The maximum atomic E-state index is 11.0. The number of hydrogen-bond acceptors (Lipinski definition) is 5. The van der Waals surface area contributed by atoms with Crippen molar-refractivity contribution in [3.05, 3.63) is 46.0 Å². The summed E-state index contributed by atoms with van der Waals surface area (Å²) in [6.07, 6.45) is -0.600. The minimum Gasteiger partial charge on any atom is -0.364 e. The van der Waals surface area contributed by atoms with E-state index in [-0.39, 0.29) is 6.61 Å². The molecule has 0 saturated heterocycles. The number of benzene rings is 1. The maximum absolute atomic E-state index is 11.0. The van der Waals surface area contributed by atoms with Crippen molar-refractivity contribution >= 4 is 12.2 Å². The Hall–Kier alpha value is -2.28. The second-order valence-electron chi connectivity index (χ2n) is 4.22. The van der Waals surface area contributed by atoms with E-state index in [0.29, 0.717) is 6.29 Å². The Labute approximate surface area is 116 Å². The number of aldehydes is 1. The van der Waals surface area contributed by atoms with Crippen molar-refractivity contribution in [1.82, 2.24) is 5.32 Å². The van der Waals surface area contributed by atoms with E-state index in [1.807, 2.05) is 30.3 Å². The molecule has 2 atom stereocenters. The Kier molecular flexibility index (Phi) is 6.31. The third-order valence-electron chi connectivity index (χ3n) is 2.55. The van der Waals surface area contributed by atoms with Gasteiger partial charge in [-0.25, -0.2) is 0 Å². The van der Waals surface area contributed by atoms with Crippen molar-refractivity contribution in [2.45, 2.75) is 25.7 Å². The first-order valence-electron chi connectivity index (χ1n) is 6.02. The van der Waals surface area contributed by atoms with Gasteiger partial charge in [-0.3, -0.25) is 14.9 Å². The first-order valence-corrected chi connectivity index (χ1v) is 6.02. The van der Waals surface area contributed by atoms with E-state index in [2.05, 4.69) is 5.32 Å². The lowest BCUT2D eigenvalue weighted by Crippen LogP contribution is -2.48. The van der Waals surface area contributed by atoms with Gasteiger partial charge in [-0.2, -0.15) is 0 Å². The van der Waals surface area contributed by atoms with Gasteiger partial charge < -0.3 is 14.8 Å². The van der Waals surface area contributed by atoms with Crippen molar-refractivity contribution in [3.8, 4) is 0 Å². The predicted octanol–water partition coefficient (Wildman–Crippen LogP) is 0.552. The second-order valence-corrected chi connectivity index (χ2v) is 4.22. The van der Waals surface area contributed by atoms with Crippen molar-refractivity contribution in [2.75, 3.05) is 6.54 Å². The van der Waals surface area contributed by atoms with Crippen LogP contribution in [0.25, 0.3) is 0 Å². The van der Waals surface area contributed by atoms with Crippen molar-refractivity contribution in [1.29, 1.82) is 0 Å². The topological polar surface area (TPSA) is 98.5 Å². The summed E-state index contributed by atoms with van der Waals surface area (Å²) in [5, 5.41) is 12.9. The first kappa shape index (κ1) is 15.8. The molecule has 0 spiro atoms. The molecule has 1 rings (SSSR count). The normalized spacial score (nSPS) is 13.2. The summed E-state index contributed by atoms with van der Waals surface area (Å²) in [6.45, 7) is 0.793. The summed E-state index contributed by atoms with van der Waals surface area (Å²) in [7, 11) is 0. The predicted molar refractivity (Wildman–Crippen MR) is 70.5 cm³/mol. The van der Waals surface area contributed by atoms with E-state index in [1.165, 1.54) is 6.92 Å². The molecule has 0 aromatic heterocycles. The number of carbonyl (C=O) groups excluding carboxylic acids is 2. The highest BCUT2D eigenvalue weighted by molar-refractivity contribution is 5.74. The Morgan fingerprint density at radius 1 is 1.45 bits per heavy atom. The van der Waals surface area contributed by atoms with Gasteiger partial charge >= 0.3 is 0 Å². The smallest absolute Gasteiger partial charge is 0.226 e. The minimum absolute atomic E-state index is 0.137. The fourth-order valence-electron chi connectivity index (χ4n) is 1.67. The molecule has 7 nitrogen and oxygen atoms in total. The molecule has 0 bridgehead atoms. The van der Waals surface area contributed by atoms with Gasteiger partial charge in [-0.1, -0.05) is 30.3 Å². The van der Waals surface area contributed by atoms with Crippen LogP contribution < -0.4 is 5.32 Å². The molecule has 7 heteroatoms. The van der Waals surface area contributed by atoms with Crippen LogP contribution in [0.5, 0.6) is 0 Å².